The van der Waals surface area contributed by atoms with Crippen LogP contribution in [0.15, 0.2) is 67.0 Å². The van der Waals surface area contributed by atoms with E-state index in [2.05, 4.69) is 36.3 Å². The molecule has 8 aromatic rings. The number of aryl methyl sites for hydroxylation is 3. The summed E-state index contributed by atoms with van der Waals surface area (Å²) in [5.74, 6) is 1.19. The second-order valence-corrected chi connectivity index (χ2v) is 18.6. The van der Waals surface area contributed by atoms with E-state index in [1.165, 1.54) is 24.3 Å². The summed E-state index contributed by atoms with van der Waals surface area (Å²) in [5.41, 5.74) is 14.7. The van der Waals surface area contributed by atoms with E-state index >= 15 is 13.2 Å². The molecule has 12 rings (SSSR count). The van der Waals surface area contributed by atoms with Crippen molar-refractivity contribution >= 4 is 66.1 Å². The van der Waals surface area contributed by atoms with E-state index in [1.807, 2.05) is 26.0 Å². The van der Waals surface area contributed by atoms with Gasteiger partial charge in [-0.2, -0.15) is 0 Å². The molecule has 4 aromatic heterocycles. The zero-order valence-corrected chi connectivity index (χ0v) is 37.7. The number of aromatic nitrogens is 4. The fourth-order valence-corrected chi connectivity index (χ4v) is 11.0. The SMILES string of the molecule is C#Cc1c(F)ccc2cc(O)cc(-c3ncc4c(N5CC6CCC(C5)N6)nc(C)c(N)c4c3F)c12.Cc1nc(N2CC3CCC(C2)N3)c2cnc(-c3c(F)c(N)cc4ccccc34)c(F)c2c1C. The van der Waals surface area contributed by atoms with Gasteiger partial charge < -0.3 is 37.0 Å². The molecule has 7 N–H and O–H groups in total. The van der Waals surface area contributed by atoms with Crippen LogP contribution in [0.5, 0.6) is 5.75 Å². The molecule has 8 heterocycles. The highest BCUT2D eigenvalue weighted by Crippen LogP contribution is 2.43. The molecule has 4 aromatic carbocycles. The third kappa shape index (κ3) is 7.04. The minimum absolute atomic E-state index is 0.0188. The number of phenolic OH excluding ortho intramolecular Hbond substituents is 1. The van der Waals surface area contributed by atoms with Crippen LogP contribution in [0.2, 0.25) is 0 Å². The molecule has 0 spiro atoms. The quantitative estimate of drug-likeness (QED) is 0.0653. The molecule has 4 saturated heterocycles. The van der Waals surface area contributed by atoms with Crippen molar-refractivity contribution < 1.29 is 22.7 Å². The lowest BCUT2D eigenvalue weighted by Crippen LogP contribution is -2.51. The Bertz CT molecular complexity index is 3440. The second-order valence-electron chi connectivity index (χ2n) is 18.6. The number of rotatable bonds is 4. The van der Waals surface area contributed by atoms with E-state index in [1.54, 1.807) is 37.5 Å². The van der Waals surface area contributed by atoms with Gasteiger partial charge in [0.2, 0.25) is 0 Å². The van der Waals surface area contributed by atoms with Gasteiger partial charge in [0, 0.05) is 106 Å². The number of piperazine rings is 2. The molecule has 0 radical (unpaired) electrons. The van der Waals surface area contributed by atoms with Crippen LogP contribution < -0.4 is 31.9 Å². The molecular weight excluding hydrogens is 869 g/mol. The van der Waals surface area contributed by atoms with Gasteiger partial charge in [-0.05, 0) is 92.4 Å². The molecule has 4 bridgehead atoms. The van der Waals surface area contributed by atoms with E-state index in [9.17, 15) is 9.50 Å². The minimum Gasteiger partial charge on any atom is -0.508 e. The van der Waals surface area contributed by atoms with Gasteiger partial charge in [0.1, 0.15) is 34.6 Å². The summed E-state index contributed by atoms with van der Waals surface area (Å²) >= 11 is 0. The Balaban J connectivity index is 0.000000149. The molecule has 4 unspecified atom stereocenters. The maximum atomic E-state index is 16.3. The maximum Gasteiger partial charge on any atom is 0.159 e. The van der Waals surface area contributed by atoms with Crippen LogP contribution in [0.1, 0.15) is 48.2 Å². The Morgan fingerprint density at radius 2 is 1.24 bits per heavy atom. The summed E-state index contributed by atoms with van der Waals surface area (Å²) < 4.78 is 62.3. The van der Waals surface area contributed by atoms with Gasteiger partial charge in [0.25, 0.3) is 0 Å². The van der Waals surface area contributed by atoms with Gasteiger partial charge in [0.15, 0.2) is 17.5 Å². The Kier molecular flexibility index (Phi) is 10.5. The highest BCUT2D eigenvalue weighted by molar-refractivity contribution is 6.07. The van der Waals surface area contributed by atoms with Crippen molar-refractivity contribution in [3.8, 4) is 40.6 Å². The first-order chi connectivity index (χ1) is 32.8. The number of terminal acetylenes is 1. The Morgan fingerprint density at radius 1 is 0.662 bits per heavy atom. The van der Waals surface area contributed by atoms with Crippen LogP contribution in [0.3, 0.4) is 0 Å². The molecule has 15 heteroatoms. The van der Waals surface area contributed by atoms with Crippen LogP contribution in [0.25, 0.3) is 65.6 Å². The van der Waals surface area contributed by atoms with Gasteiger partial charge in [-0.1, -0.05) is 36.3 Å². The molecule has 4 aliphatic rings. The van der Waals surface area contributed by atoms with E-state index in [0.717, 1.165) is 74.3 Å². The van der Waals surface area contributed by atoms with Crippen molar-refractivity contribution in [1.29, 1.82) is 0 Å². The molecule has 4 aliphatic heterocycles. The number of halogens is 4. The number of nitrogens with two attached hydrogens (primary N) is 2. The number of nitrogens with zero attached hydrogens (tertiary/aromatic N) is 6. The fourth-order valence-electron chi connectivity index (χ4n) is 11.0. The molecule has 0 aliphatic carbocycles. The molecular formula is C53H48F4N10O. The summed E-state index contributed by atoms with van der Waals surface area (Å²) in [6.07, 6.45) is 13.3. The molecule has 4 fully saturated rings. The van der Waals surface area contributed by atoms with Crippen LogP contribution in [-0.2, 0) is 0 Å². The number of benzene rings is 4. The van der Waals surface area contributed by atoms with Crippen molar-refractivity contribution in [2.75, 3.05) is 47.4 Å². The zero-order valence-electron chi connectivity index (χ0n) is 37.7. The molecule has 344 valence electrons. The number of hydrogen-bond acceptors (Lipinski definition) is 11. The first kappa shape index (κ1) is 43.3. The Labute approximate surface area is 389 Å². The van der Waals surface area contributed by atoms with E-state index in [0.29, 0.717) is 68.0 Å². The average molecular weight is 917 g/mol. The zero-order chi connectivity index (χ0) is 47.3. The third-order valence-corrected chi connectivity index (χ3v) is 14.4. The summed E-state index contributed by atoms with van der Waals surface area (Å²) in [5, 5.41) is 21.5. The normalized spacial score (nSPS) is 19.8. The molecule has 4 atom stereocenters. The Hall–Kier alpha value is -7.28. The Morgan fingerprint density at radius 3 is 1.87 bits per heavy atom. The van der Waals surface area contributed by atoms with Gasteiger partial charge in [-0.3, -0.25) is 9.97 Å². The number of hydrogen-bond donors (Lipinski definition) is 5. The van der Waals surface area contributed by atoms with Crippen molar-refractivity contribution in [2.24, 2.45) is 0 Å². The number of aromatic hydroxyl groups is 1. The lowest BCUT2D eigenvalue weighted by Gasteiger charge is -2.34. The molecule has 0 amide bonds. The first-order valence-corrected chi connectivity index (χ1v) is 22.9. The minimum atomic E-state index is -0.663. The lowest BCUT2D eigenvalue weighted by molar-refractivity contribution is 0.464. The number of fused-ring (bicyclic) bond motifs is 8. The van der Waals surface area contributed by atoms with Crippen LogP contribution in [0, 0.1) is 56.4 Å². The molecule has 11 nitrogen and oxygen atoms in total. The number of phenols is 1. The molecule has 68 heavy (non-hydrogen) atoms. The van der Waals surface area contributed by atoms with Gasteiger partial charge >= 0.3 is 0 Å². The largest absolute Gasteiger partial charge is 0.508 e. The van der Waals surface area contributed by atoms with Gasteiger partial charge in [-0.25, -0.2) is 27.5 Å². The monoisotopic (exact) mass is 916 g/mol. The van der Waals surface area contributed by atoms with E-state index in [4.69, 9.17) is 27.9 Å². The summed E-state index contributed by atoms with van der Waals surface area (Å²) in [4.78, 5) is 22.9. The highest BCUT2D eigenvalue weighted by Gasteiger charge is 2.36. The second kappa shape index (κ2) is 16.5. The average Bonchev–Trinajstić information content (AvgIpc) is 3.86. The number of pyridine rings is 4. The standard InChI is InChI=1S/C27H23F2N5O.C26H25F2N5/c1-3-18-21(28)7-4-14-8-17(35)9-19(22(14)18)26-24(29)23-20(10-31-26)27(32-13(2)25(23)30)34-11-15-5-6-16(12-34)33-15;1-13-14(2)31-26(33-11-16-7-8-17(12-33)32-16)19-10-30-25(24(28)21(13)19)22-18-6-4-3-5-15(18)9-20(29)23(22)27/h1,4,7-10,15-16,33,35H,5-6,11-12,30H2,2H3;3-6,9-10,16-17,32H,7-8,11-12,29H2,1-2H3. The third-order valence-electron chi connectivity index (χ3n) is 14.4. The number of nitrogen functional groups attached to an aromatic ring is 2. The van der Waals surface area contributed by atoms with Crippen molar-refractivity contribution in [1.82, 2.24) is 30.6 Å². The fraction of sp³-hybridized carbons (Fsp3) is 0.283. The predicted molar refractivity (Wildman–Crippen MR) is 262 cm³/mol. The predicted octanol–water partition coefficient (Wildman–Crippen LogP) is 9.11. The smallest absolute Gasteiger partial charge is 0.159 e. The highest BCUT2D eigenvalue weighted by atomic mass is 19.1. The van der Waals surface area contributed by atoms with Crippen LogP contribution >= 0.6 is 0 Å². The number of nitrogens with one attached hydrogen (secondary N) is 2. The summed E-state index contributed by atoms with van der Waals surface area (Å²) in [6, 6.07) is 15.9. The van der Waals surface area contributed by atoms with Crippen LogP contribution in [0.4, 0.5) is 40.6 Å². The van der Waals surface area contributed by atoms with Gasteiger partial charge in [-0.15, -0.1) is 6.42 Å². The van der Waals surface area contributed by atoms with Crippen molar-refractivity contribution in [3.63, 3.8) is 0 Å². The number of anilines is 4. The van der Waals surface area contributed by atoms with Gasteiger partial charge in [0.05, 0.1) is 22.6 Å². The topological polar surface area (TPSA) is 154 Å². The van der Waals surface area contributed by atoms with Crippen LogP contribution in [-0.4, -0.2) is 75.4 Å². The summed E-state index contributed by atoms with van der Waals surface area (Å²) in [7, 11) is 0. The molecule has 0 saturated carbocycles. The lowest BCUT2D eigenvalue weighted by atomic mass is 9.95. The van der Waals surface area contributed by atoms with E-state index in [-0.39, 0.29) is 50.6 Å². The first-order valence-electron chi connectivity index (χ1n) is 22.9. The maximum absolute atomic E-state index is 16.3. The summed E-state index contributed by atoms with van der Waals surface area (Å²) in [6.45, 7) is 8.71. The van der Waals surface area contributed by atoms with Crippen molar-refractivity contribution in [3.05, 3.63) is 113 Å². The van der Waals surface area contributed by atoms with Crippen molar-refractivity contribution in [2.45, 2.75) is 70.6 Å². The van der Waals surface area contributed by atoms with E-state index < -0.39 is 23.3 Å².